The fourth-order valence-electron chi connectivity index (χ4n) is 2.29. The number of ether oxygens (including phenoxy) is 1. The lowest BCUT2D eigenvalue weighted by Crippen LogP contribution is -2.31. The van der Waals surface area contributed by atoms with Gasteiger partial charge in [0.15, 0.2) is 0 Å². The van der Waals surface area contributed by atoms with Crippen LogP contribution in [-0.2, 0) is 4.74 Å². The van der Waals surface area contributed by atoms with E-state index in [0.717, 1.165) is 43.0 Å². The highest BCUT2D eigenvalue weighted by molar-refractivity contribution is 9.10. The number of hydrogen-bond acceptors (Lipinski definition) is 5. The van der Waals surface area contributed by atoms with Crippen LogP contribution in [0.4, 0.5) is 11.8 Å². The molecule has 1 unspecified atom stereocenters. The van der Waals surface area contributed by atoms with Crippen LogP contribution in [0.1, 0.15) is 19.8 Å². The largest absolute Gasteiger partial charge is 0.381 e. The highest BCUT2D eigenvalue weighted by Crippen LogP contribution is 2.25. The van der Waals surface area contributed by atoms with Gasteiger partial charge >= 0.3 is 0 Å². The minimum Gasteiger partial charge on any atom is -0.381 e. The van der Waals surface area contributed by atoms with Gasteiger partial charge in [0.1, 0.15) is 5.82 Å². The maximum absolute atomic E-state index is 5.53. The van der Waals surface area contributed by atoms with Gasteiger partial charge in [-0.1, -0.05) is 0 Å². The van der Waals surface area contributed by atoms with Crippen molar-refractivity contribution in [1.82, 2.24) is 9.97 Å². The molecule has 0 aliphatic carbocycles. The molecule has 0 aromatic carbocycles. The fraction of sp³-hybridized carbons (Fsp3) is 0.692. The van der Waals surface area contributed by atoms with Crippen molar-refractivity contribution in [1.29, 1.82) is 0 Å². The van der Waals surface area contributed by atoms with E-state index in [4.69, 9.17) is 4.74 Å². The number of nitrogens with zero attached hydrogens (tertiary/aromatic N) is 3. The Balaban J connectivity index is 2.04. The van der Waals surface area contributed by atoms with Crippen LogP contribution < -0.4 is 10.2 Å². The minimum atomic E-state index is 0.586. The lowest BCUT2D eigenvalue weighted by Gasteiger charge is -2.28. The summed E-state index contributed by atoms with van der Waals surface area (Å²) < 4.78 is 6.45. The van der Waals surface area contributed by atoms with E-state index in [1.807, 2.05) is 6.92 Å². The molecule has 1 aromatic rings. The molecule has 1 aromatic heterocycles. The van der Waals surface area contributed by atoms with E-state index >= 15 is 0 Å². The molecule has 1 fully saturated rings. The molecule has 0 saturated carbocycles. The Labute approximate surface area is 122 Å². The second-order valence-electron chi connectivity index (χ2n) is 4.86. The second kappa shape index (κ2) is 7.05. The molecule has 5 nitrogen and oxygen atoms in total. The van der Waals surface area contributed by atoms with Gasteiger partial charge in [0.2, 0.25) is 5.95 Å². The minimum absolute atomic E-state index is 0.586. The summed E-state index contributed by atoms with van der Waals surface area (Å²) in [6.07, 6.45) is 4.19. The molecule has 1 aliphatic rings. The number of anilines is 2. The monoisotopic (exact) mass is 328 g/mol. The Kier molecular flexibility index (Phi) is 5.39. The van der Waals surface area contributed by atoms with Gasteiger partial charge in [-0.2, -0.15) is 4.98 Å². The highest BCUT2D eigenvalue weighted by atomic mass is 79.9. The lowest BCUT2D eigenvalue weighted by atomic mass is 10.0. The molecule has 2 heterocycles. The molecule has 1 saturated heterocycles. The molecular weight excluding hydrogens is 308 g/mol. The van der Waals surface area contributed by atoms with Crippen molar-refractivity contribution in [3.8, 4) is 0 Å². The molecule has 1 aliphatic heterocycles. The van der Waals surface area contributed by atoms with Crippen molar-refractivity contribution in [2.75, 3.05) is 43.6 Å². The van der Waals surface area contributed by atoms with Crippen LogP contribution in [0.3, 0.4) is 0 Å². The molecule has 1 N–H and O–H groups in total. The number of nitrogens with one attached hydrogen (secondary N) is 1. The first-order chi connectivity index (χ1) is 9.20. The summed E-state index contributed by atoms with van der Waals surface area (Å²) in [6, 6.07) is 0. The van der Waals surface area contributed by atoms with E-state index in [2.05, 4.69) is 43.2 Å². The standard InChI is InChI=1S/C13H21BrN4O/c1-3-15-13-16-7-11(14)12(17-13)18(2)8-10-5-4-6-19-9-10/h7,10H,3-6,8-9H2,1-2H3,(H,15,16,17). The van der Waals surface area contributed by atoms with Crippen LogP contribution in [0.25, 0.3) is 0 Å². The molecule has 0 spiro atoms. The third-order valence-electron chi connectivity index (χ3n) is 3.21. The second-order valence-corrected chi connectivity index (χ2v) is 5.71. The van der Waals surface area contributed by atoms with E-state index in [-0.39, 0.29) is 0 Å². The first-order valence-electron chi connectivity index (χ1n) is 6.76. The van der Waals surface area contributed by atoms with Crippen molar-refractivity contribution in [3.05, 3.63) is 10.7 Å². The molecule has 2 rings (SSSR count). The quantitative estimate of drug-likeness (QED) is 0.900. The van der Waals surface area contributed by atoms with Gasteiger partial charge < -0.3 is 15.0 Å². The summed E-state index contributed by atoms with van der Waals surface area (Å²) in [4.78, 5) is 11.0. The van der Waals surface area contributed by atoms with E-state index < -0.39 is 0 Å². The number of hydrogen-bond donors (Lipinski definition) is 1. The van der Waals surface area contributed by atoms with E-state index in [1.54, 1.807) is 6.20 Å². The molecule has 0 amide bonds. The molecule has 0 radical (unpaired) electrons. The van der Waals surface area contributed by atoms with Crippen molar-refractivity contribution in [3.63, 3.8) is 0 Å². The van der Waals surface area contributed by atoms with E-state index in [9.17, 15) is 0 Å². The summed E-state index contributed by atoms with van der Waals surface area (Å²) in [5, 5.41) is 3.14. The van der Waals surface area contributed by atoms with Crippen molar-refractivity contribution < 1.29 is 4.74 Å². The van der Waals surface area contributed by atoms with Gasteiger partial charge in [0.05, 0.1) is 11.1 Å². The molecule has 0 bridgehead atoms. The maximum Gasteiger partial charge on any atom is 0.224 e. The molecule has 19 heavy (non-hydrogen) atoms. The zero-order valence-electron chi connectivity index (χ0n) is 11.5. The van der Waals surface area contributed by atoms with E-state index in [1.165, 1.54) is 6.42 Å². The summed E-state index contributed by atoms with van der Waals surface area (Å²) in [6.45, 7) is 5.58. The van der Waals surface area contributed by atoms with Crippen molar-refractivity contribution >= 4 is 27.7 Å². The third-order valence-corrected chi connectivity index (χ3v) is 3.77. The van der Waals surface area contributed by atoms with E-state index in [0.29, 0.717) is 11.9 Å². The number of halogens is 1. The Morgan fingerprint density at radius 1 is 1.58 bits per heavy atom. The van der Waals surface area contributed by atoms with Crippen LogP contribution in [0.15, 0.2) is 10.7 Å². The number of rotatable bonds is 5. The topological polar surface area (TPSA) is 50.3 Å². The van der Waals surface area contributed by atoms with Crippen molar-refractivity contribution in [2.24, 2.45) is 5.92 Å². The maximum atomic E-state index is 5.53. The van der Waals surface area contributed by atoms with Crippen LogP contribution in [0, 0.1) is 5.92 Å². The van der Waals surface area contributed by atoms with Crippen molar-refractivity contribution in [2.45, 2.75) is 19.8 Å². The van der Waals surface area contributed by atoms with Gasteiger partial charge in [-0.05, 0) is 41.6 Å². The molecule has 1 atom stereocenters. The van der Waals surface area contributed by atoms with Crippen LogP contribution in [0.2, 0.25) is 0 Å². The lowest BCUT2D eigenvalue weighted by molar-refractivity contribution is 0.0576. The first-order valence-corrected chi connectivity index (χ1v) is 7.55. The zero-order valence-corrected chi connectivity index (χ0v) is 13.1. The van der Waals surface area contributed by atoms with Gasteiger partial charge in [-0.3, -0.25) is 0 Å². The van der Waals surface area contributed by atoms with Gasteiger partial charge in [-0.25, -0.2) is 4.98 Å². The Morgan fingerprint density at radius 3 is 3.11 bits per heavy atom. The van der Waals surface area contributed by atoms with Crippen LogP contribution in [-0.4, -0.2) is 43.3 Å². The average molecular weight is 329 g/mol. The Hall–Kier alpha value is -0.880. The molecule has 6 heteroatoms. The zero-order chi connectivity index (χ0) is 13.7. The average Bonchev–Trinajstić information content (AvgIpc) is 2.42. The Morgan fingerprint density at radius 2 is 2.42 bits per heavy atom. The van der Waals surface area contributed by atoms with Gasteiger partial charge in [0, 0.05) is 32.9 Å². The molecular formula is C13H21BrN4O. The third kappa shape index (κ3) is 4.04. The first kappa shape index (κ1) is 14.5. The van der Waals surface area contributed by atoms with Gasteiger partial charge in [-0.15, -0.1) is 0 Å². The summed E-state index contributed by atoms with van der Waals surface area (Å²) >= 11 is 3.52. The highest BCUT2D eigenvalue weighted by Gasteiger charge is 2.18. The van der Waals surface area contributed by atoms with Crippen LogP contribution in [0.5, 0.6) is 0 Å². The summed E-state index contributed by atoms with van der Waals surface area (Å²) in [5.74, 6) is 2.19. The predicted octanol–water partition coefficient (Wildman–Crippen LogP) is 2.53. The predicted molar refractivity (Wildman–Crippen MR) is 80.7 cm³/mol. The van der Waals surface area contributed by atoms with Crippen LogP contribution >= 0.6 is 15.9 Å². The molecule has 106 valence electrons. The smallest absolute Gasteiger partial charge is 0.224 e. The Bertz CT molecular complexity index is 410. The SMILES string of the molecule is CCNc1ncc(Br)c(N(C)CC2CCCOC2)n1. The summed E-state index contributed by atoms with van der Waals surface area (Å²) in [7, 11) is 2.07. The normalized spacial score (nSPS) is 19.2. The summed E-state index contributed by atoms with van der Waals surface area (Å²) in [5.41, 5.74) is 0. The fourth-order valence-corrected chi connectivity index (χ4v) is 2.79. The van der Waals surface area contributed by atoms with Gasteiger partial charge in [0.25, 0.3) is 0 Å². The number of aromatic nitrogens is 2.